The normalized spacial score (nSPS) is 17.0. The summed E-state index contributed by atoms with van der Waals surface area (Å²) >= 11 is 0. The van der Waals surface area contributed by atoms with Crippen LogP contribution in [0.2, 0.25) is 0 Å². The maximum absolute atomic E-state index is 11.7. The molecule has 1 atom stereocenters. The molecule has 1 aromatic carbocycles. The number of likely N-dealkylation sites (N-methyl/N-ethyl adjacent to an activating group) is 1. The molecule has 2 rings (SSSR count). The van der Waals surface area contributed by atoms with Crippen molar-refractivity contribution < 1.29 is 9.53 Å². The van der Waals surface area contributed by atoms with Crippen LogP contribution in [0.4, 0.5) is 0 Å². The number of nitrogens with one attached hydrogen (secondary N) is 2. The summed E-state index contributed by atoms with van der Waals surface area (Å²) in [5.74, 6) is 0.901. The first kappa shape index (κ1) is 16.8. The van der Waals surface area contributed by atoms with Gasteiger partial charge in [0.1, 0.15) is 5.75 Å². The van der Waals surface area contributed by atoms with Gasteiger partial charge in [-0.25, -0.2) is 0 Å². The number of amides is 1. The summed E-state index contributed by atoms with van der Waals surface area (Å²) < 4.78 is 5.23. The lowest BCUT2D eigenvalue weighted by Gasteiger charge is -2.35. The molecule has 0 aromatic heterocycles. The molecule has 0 bridgehead atoms. The molecule has 0 radical (unpaired) electrons. The molecule has 1 aromatic rings. The zero-order chi connectivity index (χ0) is 15.8. The molecule has 122 valence electrons. The van der Waals surface area contributed by atoms with Gasteiger partial charge < -0.3 is 15.4 Å². The maximum Gasteiger partial charge on any atom is 0.234 e. The first-order valence-electron chi connectivity index (χ1n) is 8.04. The second-order valence-electron chi connectivity index (χ2n) is 5.72. The molecule has 1 aliphatic heterocycles. The predicted octanol–water partition coefficient (Wildman–Crippen LogP) is 1.56. The number of ether oxygens (including phenoxy) is 1. The third-order valence-electron chi connectivity index (χ3n) is 4.16. The summed E-state index contributed by atoms with van der Waals surface area (Å²) in [5.41, 5.74) is 1.23. The molecule has 0 saturated carbocycles. The summed E-state index contributed by atoms with van der Waals surface area (Å²) in [7, 11) is 3.46. The summed E-state index contributed by atoms with van der Waals surface area (Å²) in [6, 6.07) is 8.40. The molecule has 1 unspecified atom stereocenters. The lowest BCUT2D eigenvalue weighted by atomic mass is 10.0. The Labute approximate surface area is 133 Å². The minimum atomic E-state index is 0.0398. The van der Waals surface area contributed by atoms with Crippen molar-refractivity contribution in [3.63, 3.8) is 0 Å². The highest BCUT2D eigenvalue weighted by Crippen LogP contribution is 2.25. The summed E-state index contributed by atoms with van der Waals surface area (Å²) in [4.78, 5) is 14.2. The van der Waals surface area contributed by atoms with E-state index in [9.17, 15) is 4.79 Å². The molecule has 1 saturated heterocycles. The molecule has 0 aliphatic carbocycles. The fraction of sp³-hybridized carbons (Fsp3) is 0.588. The molecule has 2 N–H and O–H groups in total. The largest absolute Gasteiger partial charge is 0.497 e. The van der Waals surface area contributed by atoms with Crippen molar-refractivity contribution in [2.75, 3.05) is 40.3 Å². The van der Waals surface area contributed by atoms with Gasteiger partial charge in [-0.1, -0.05) is 18.6 Å². The van der Waals surface area contributed by atoms with E-state index in [1.807, 2.05) is 12.1 Å². The minimum absolute atomic E-state index is 0.0398. The Kier molecular flexibility index (Phi) is 6.68. The van der Waals surface area contributed by atoms with Gasteiger partial charge in [-0.05, 0) is 50.7 Å². The molecule has 1 fully saturated rings. The number of methoxy groups -OCH3 is 1. The van der Waals surface area contributed by atoms with Gasteiger partial charge in [-0.3, -0.25) is 9.69 Å². The minimum Gasteiger partial charge on any atom is -0.497 e. The predicted molar refractivity (Wildman–Crippen MR) is 88.1 cm³/mol. The van der Waals surface area contributed by atoms with E-state index in [0.717, 1.165) is 18.8 Å². The van der Waals surface area contributed by atoms with Crippen LogP contribution in [0.1, 0.15) is 30.9 Å². The van der Waals surface area contributed by atoms with Gasteiger partial charge in [0.05, 0.1) is 19.7 Å². The van der Waals surface area contributed by atoms with E-state index in [2.05, 4.69) is 27.7 Å². The highest BCUT2D eigenvalue weighted by molar-refractivity contribution is 5.77. The molecule has 22 heavy (non-hydrogen) atoms. The Morgan fingerprint density at radius 2 is 1.91 bits per heavy atom. The highest BCUT2D eigenvalue weighted by atomic mass is 16.5. The van der Waals surface area contributed by atoms with Gasteiger partial charge in [0.25, 0.3) is 0 Å². The number of carbonyl (C=O) groups excluding carboxylic acids is 1. The fourth-order valence-electron chi connectivity index (χ4n) is 2.95. The van der Waals surface area contributed by atoms with Crippen molar-refractivity contribution in [3.05, 3.63) is 29.8 Å². The molecule has 1 heterocycles. The number of benzene rings is 1. The Hall–Kier alpha value is -1.59. The Bertz CT molecular complexity index is 455. The lowest BCUT2D eigenvalue weighted by Crippen LogP contribution is -2.42. The van der Waals surface area contributed by atoms with Crippen LogP contribution in [-0.2, 0) is 4.79 Å². The van der Waals surface area contributed by atoms with Crippen LogP contribution in [0.25, 0.3) is 0 Å². The number of hydrogen-bond donors (Lipinski definition) is 2. The van der Waals surface area contributed by atoms with Crippen LogP contribution in [0.3, 0.4) is 0 Å². The summed E-state index contributed by atoms with van der Waals surface area (Å²) in [6.45, 7) is 3.19. The summed E-state index contributed by atoms with van der Waals surface area (Å²) in [5, 5.41) is 5.92. The van der Waals surface area contributed by atoms with Crippen molar-refractivity contribution in [3.8, 4) is 5.75 Å². The second kappa shape index (κ2) is 8.76. The topological polar surface area (TPSA) is 53.6 Å². The van der Waals surface area contributed by atoms with Crippen LogP contribution >= 0.6 is 0 Å². The highest BCUT2D eigenvalue weighted by Gasteiger charge is 2.22. The number of rotatable bonds is 7. The zero-order valence-corrected chi connectivity index (χ0v) is 13.6. The molecule has 1 amide bonds. The van der Waals surface area contributed by atoms with Crippen LogP contribution in [-0.4, -0.2) is 51.1 Å². The smallest absolute Gasteiger partial charge is 0.234 e. The van der Waals surface area contributed by atoms with E-state index in [4.69, 9.17) is 4.74 Å². The maximum atomic E-state index is 11.7. The van der Waals surface area contributed by atoms with E-state index < -0.39 is 0 Å². The molecule has 5 nitrogen and oxygen atoms in total. The third kappa shape index (κ3) is 4.71. The van der Waals surface area contributed by atoms with Gasteiger partial charge in [0.2, 0.25) is 5.91 Å². The molecular weight excluding hydrogens is 278 g/mol. The van der Waals surface area contributed by atoms with E-state index >= 15 is 0 Å². The molecular formula is C17H27N3O2. The van der Waals surface area contributed by atoms with Crippen LogP contribution in [0, 0.1) is 0 Å². The van der Waals surface area contributed by atoms with Crippen LogP contribution in [0.15, 0.2) is 24.3 Å². The number of piperidine rings is 1. The van der Waals surface area contributed by atoms with Gasteiger partial charge in [0.15, 0.2) is 0 Å². The SMILES string of the molecule is CNCC(=O)NCC(c1ccc(OC)cc1)N1CCCCC1. The van der Waals surface area contributed by atoms with Gasteiger partial charge in [-0.2, -0.15) is 0 Å². The van der Waals surface area contributed by atoms with E-state index in [-0.39, 0.29) is 11.9 Å². The standard InChI is InChI=1S/C17H27N3O2/c1-18-13-17(21)19-12-16(20-10-4-3-5-11-20)14-6-8-15(22-2)9-7-14/h6-9,16,18H,3-5,10-13H2,1-2H3,(H,19,21). The number of hydrogen-bond acceptors (Lipinski definition) is 4. The van der Waals surface area contributed by atoms with Crippen molar-refractivity contribution in [1.29, 1.82) is 0 Å². The van der Waals surface area contributed by atoms with Gasteiger partial charge in [0, 0.05) is 6.54 Å². The lowest BCUT2D eigenvalue weighted by molar-refractivity contribution is -0.120. The van der Waals surface area contributed by atoms with Crippen LogP contribution in [0.5, 0.6) is 5.75 Å². The first-order chi connectivity index (χ1) is 10.7. The Morgan fingerprint density at radius 1 is 1.23 bits per heavy atom. The van der Waals surface area contributed by atoms with E-state index in [1.54, 1.807) is 14.2 Å². The quantitative estimate of drug-likeness (QED) is 0.803. The van der Waals surface area contributed by atoms with Gasteiger partial charge >= 0.3 is 0 Å². The fourth-order valence-corrected chi connectivity index (χ4v) is 2.95. The monoisotopic (exact) mass is 305 g/mol. The number of nitrogens with zero attached hydrogens (tertiary/aromatic N) is 1. The number of carbonyl (C=O) groups is 1. The van der Waals surface area contributed by atoms with Crippen LogP contribution < -0.4 is 15.4 Å². The van der Waals surface area contributed by atoms with Crippen molar-refractivity contribution in [1.82, 2.24) is 15.5 Å². The molecule has 5 heteroatoms. The van der Waals surface area contributed by atoms with Crippen molar-refractivity contribution in [2.24, 2.45) is 0 Å². The first-order valence-corrected chi connectivity index (χ1v) is 8.04. The van der Waals surface area contributed by atoms with Crippen molar-refractivity contribution in [2.45, 2.75) is 25.3 Å². The second-order valence-corrected chi connectivity index (χ2v) is 5.72. The van der Waals surface area contributed by atoms with Crippen molar-refractivity contribution >= 4 is 5.91 Å². The van der Waals surface area contributed by atoms with E-state index in [0.29, 0.717) is 13.1 Å². The average Bonchev–Trinajstić information content (AvgIpc) is 2.57. The number of likely N-dealkylation sites (tertiary alicyclic amines) is 1. The Morgan fingerprint density at radius 3 is 2.50 bits per heavy atom. The molecule has 0 spiro atoms. The average molecular weight is 305 g/mol. The zero-order valence-electron chi connectivity index (χ0n) is 13.6. The summed E-state index contributed by atoms with van der Waals surface area (Å²) in [6.07, 6.45) is 3.77. The van der Waals surface area contributed by atoms with E-state index in [1.165, 1.54) is 24.8 Å². The van der Waals surface area contributed by atoms with Gasteiger partial charge in [-0.15, -0.1) is 0 Å². The molecule has 1 aliphatic rings. The third-order valence-corrected chi connectivity index (χ3v) is 4.16. The Balaban J connectivity index is 2.07.